The van der Waals surface area contributed by atoms with Gasteiger partial charge in [-0.25, -0.2) is 0 Å². The van der Waals surface area contributed by atoms with Gasteiger partial charge in [-0.1, -0.05) is 12.1 Å². The molecule has 0 aliphatic carbocycles. The molecule has 0 bridgehead atoms. The second-order valence-electron chi connectivity index (χ2n) is 6.90. The van der Waals surface area contributed by atoms with Crippen LogP contribution in [0.5, 0.6) is 11.5 Å². The van der Waals surface area contributed by atoms with Crippen molar-refractivity contribution in [1.82, 2.24) is 15.1 Å². The van der Waals surface area contributed by atoms with E-state index in [9.17, 15) is 0 Å². The molecule has 1 aromatic heterocycles. The Morgan fingerprint density at radius 3 is 3.00 bits per heavy atom. The lowest BCUT2D eigenvalue weighted by Crippen LogP contribution is -2.14. The third-order valence-electron chi connectivity index (χ3n) is 4.81. The van der Waals surface area contributed by atoms with E-state index in [-0.39, 0.29) is 6.10 Å². The molecule has 3 aromatic rings. The number of rotatable bonds is 6. The van der Waals surface area contributed by atoms with Crippen LogP contribution in [0.4, 0.5) is 0 Å². The summed E-state index contributed by atoms with van der Waals surface area (Å²) >= 11 is 0. The SMILES string of the molecule is CCOc1cc(CNCc2ccc3cnn(C)c3c2)c2c(c1)CC(C)O2. The predicted octanol–water partition coefficient (Wildman–Crippen LogP) is 3.59. The zero-order valence-corrected chi connectivity index (χ0v) is 15.6. The summed E-state index contributed by atoms with van der Waals surface area (Å²) in [6.07, 6.45) is 3.07. The van der Waals surface area contributed by atoms with E-state index >= 15 is 0 Å². The van der Waals surface area contributed by atoms with E-state index in [0.717, 1.165) is 42.1 Å². The van der Waals surface area contributed by atoms with Crippen LogP contribution in [0.1, 0.15) is 30.5 Å². The molecule has 0 spiro atoms. The Hall–Kier alpha value is -2.53. The Balaban J connectivity index is 1.49. The highest BCUT2D eigenvalue weighted by atomic mass is 16.5. The molecule has 1 N–H and O–H groups in total. The van der Waals surface area contributed by atoms with E-state index in [1.165, 1.54) is 16.5 Å². The summed E-state index contributed by atoms with van der Waals surface area (Å²) in [7, 11) is 1.97. The summed E-state index contributed by atoms with van der Waals surface area (Å²) in [5, 5.41) is 9.01. The maximum atomic E-state index is 6.03. The van der Waals surface area contributed by atoms with Crippen molar-refractivity contribution in [2.75, 3.05) is 6.61 Å². The normalized spacial score (nSPS) is 15.9. The first-order valence-corrected chi connectivity index (χ1v) is 9.20. The molecule has 1 aliphatic heterocycles. The second kappa shape index (κ2) is 7.00. The minimum Gasteiger partial charge on any atom is -0.494 e. The van der Waals surface area contributed by atoms with Crippen molar-refractivity contribution < 1.29 is 9.47 Å². The van der Waals surface area contributed by atoms with Crippen LogP contribution in [-0.2, 0) is 26.6 Å². The van der Waals surface area contributed by atoms with Crippen molar-refractivity contribution in [3.05, 3.63) is 53.2 Å². The lowest BCUT2D eigenvalue weighted by atomic mass is 10.1. The van der Waals surface area contributed by atoms with Gasteiger partial charge in [0.05, 0.1) is 18.3 Å². The van der Waals surface area contributed by atoms with Gasteiger partial charge >= 0.3 is 0 Å². The highest BCUT2D eigenvalue weighted by molar-refractivity contribution is 5.79. The smallest absolute Gasteiger partial charge is 0.127 e. The van der Waals surface area contributed by atoms with Crippen LogP contribution < -0.4 is 14.8 Å². The van der Waals surface area contributed by atoms with Gasteiger partial charge in [0.2, 0.25) is 0 Å². The summed E-state index contributed by atoms with van der Waals surface area (Å²) in [4.78, 5) is 0. The van der Waals surface area contributed by atoms with Crippen LogP contribution in [0, 0.1) is 0 Å². The number of hydrogen-bond acceptors (Lipinski definition) is 4. The van der Waals surface area contributed by atoms with Gasteiger partial charge in [-0.05, 0) is 37.6 Å². The first-order valence-electron chi connectivity index (χ1n) is 9.20. The molecule has 5 nitrogen and oxygen atoms in total. The molecular formula is C21H25N3O2. The van der Waals surface area contributed by atoms with Crippen LogP contribution in [0.25, 0.3) is 10.9 Å². The molecule has 1 aliphatic rings. The Kier molecular flexibility index (Phi) is 4.55. The van der Waals surface area contributed by atoms with Crippen molar-refractivity contribution in [3.8, 4) is 11.5 Å². The molecule has 136 valence electrons. The molecule has 1 atom stereocenters. The summed E-state index contributed by atoms with van der Waals surface area (Å²) in [6, 6.07) is 10.7. The molecule has 5 heteroatoms. The van der Waals surface area contributed by atoms with Gasteiger partial charge in [-0.15, -0.1) is 0 Å². The predicted molar refractivity (Wildman–Crippen MR) is 103 cm³/mol. The van der Waals surface area contributed by atoms with Crippen LogP contribution in [0.3, 0.4) is 0 Å². The third-order valence-corrected chi connectivity index (χ3v) is 4.81. The summed E-state index contributed by atoms with van der Waals surface area (Å²) in [5.41, 5.74) is 4.81. The molecule has 0 radical (unpaired) electrons. The quantitative estimate of drug-likeness (QED) is 0.737. The van der Waals surface area contributed by atoms with Gasteiger partial charge in [-0.3, -0.25) is 4.68 Å². The van der Waals surface area contributed by atoms with E-state index in [1.54, 1.807) is 0 Å². The summed E-state index contributed by atoms with van der Waals surface area (Å²) in [5.74, 6) is 1.95. The van der Waals surface area contributed by atoms with Crippen molar-refractivity contribution in [2.45, 2.75) is 39.5 Å². The molecule has 0 amide bonds. The lowest BCUT2D eigenvalue weighted by molar-refractivity contribution is 0.252. The van der Waals surface area contributed by atoms with Gasteiger partial charge in [0.25, 0.3) is 0 Å². The fourth-order valence-electron chi connectivity index (χ4n) is 3.60. The number of nitrogens with zero attached hydrogens (tertiary/aromatic N) is 2. The van der Waals surface area contributed by atoms with Crippen LogP contribution in [-0.4, -0.2) is 22.5 Å². The number of benzene rings is 2. The fourth-order valence-corrected chi connectivity index (χ4v) is 3.60. The third kappa shape index (κ3) is 3.27. The van der Waals surface area contributed by atoms with Crippen molar-refractivity contribution in [1.29, 1.82) is 0 Å². The molecule has 26 heavy (non-hydrogen) atoms. The molecule has 1 unspecified atom stereocenters. The second-order valence-corrected chi connectivity index (χ2v) is 6.90. The molecule has 0 saturated heterocycles. The molecular weight excluding hydrogens is 326 g/mol. The van der Waals surface area contributed by atoms with Gasteiger partial charge in [-0.2, -0.15) is 5.10 Å². The average molecular weight is 351 g/mol. The molecule has 2 heterocycles. The van der Waals surface area contributed by atoms with Crippen LogP contribution in [0.2, 0.25) is 0 Å². The van der Waals surface area contributed by atoms with Crippen LogP contribution >= 0.6 is 0 Å². The van der Waals surface area contributed by atoms with E-state index in [2.05, 4.69) is 47.7 Å². The van der Waals surface area contributed by atoms with Gasteiger partial charge in [0.1, 0.15) is 17.6 Å². The van der Waals surface area contributed by atoms with E-state index in [4.69, 9.17) is 9.47 Å². The minimum absolute atomic E-state index is 0.230. The number of nitrogens with one attached hydrogen (secondary N) is 1. The Bertz CT molecular complexity index is 932. The number of aryl methyl sites for hydroxylation is 1. The largest absolute Gasteiger partial charge is 0.494 e. The number of fused-ring (bicyclic) bond motifs is 2. The van der Waals surface area contributed by atoms with E-state index in [0.29, 0.717) is 6.61 Å². The van der Waals surface area contributed by atoms with Gasteiger partial charge < -0.3 is 14.8 Å². The van der Waals surface area contributed by atoms with Crippen molar-refractivity contribution in [3.63, 3.8) is 0 Å². The summed E-state index contributed by atoms with van der Waals surface area (Å²) in [6.45, 7) is 6.34. The van der Waals surface area contributed by atoms with E-state index < -0.39 is 0 Å². The topological polar surface area (TPSA) is 48.3 Å². The summed E-state index contributed by atoms with van der Waals surface area (Å²) < 4.78 is 13.7. The maximum Gasteiger partial charge on any atom is 0.127 e. The molecule has 0 saturated carbocycles. The van der Waals surface area contributed by atoms with Crippen molar-refractivity contribution in [2.24, 2.45) is 7.05 Å². The lowest BCUT2D eigenvalue weighted by Gasteiger charge is -2.13. The average Bonchev–Trinajstić information content (AvgIpc) is 3.17. The Labute approximate surface area is 153 Å². The molecule has 0 fully saturated rings. The molecule has 4 rings (SSSR count). The fraction of sp³-hybridized carbons (Fsp3) is 0.381. The first-order chi connectivity index (χ1) is 12.6. The highest BCUT2D eigenvalue weighted by Gasteiger charge is 2.23. The van der Waals surface area contributed by atoms with E-state index in [1.807, 2.05) is 24.9 Å². The zero-order chi connectivity index (χ0) is 18.1. The monoisotopic (exact) mass is 351 g/mol. The van der Waals surface area contributed by atoms with Crippen molar-refractivity contribution >= 4 is 10.9 Å². The highest BCUT2D eigenvalue weighted by Crippen LogP contribution is 2.36. The molecule has 2 aromatic carbocycles. The standard InChI is InChI=1S/C21H25N3O2/c1-4-25-19-9-17-7-14(2)26-21(17)18(10-19)12-22-11-15-5-6-16-13-23-24(3)20(16)8-15/h5-6,8-10,13-14,22H,4,7,11-12H2,1-3H3. The first kappa shape index (κ1) is 16.9. The maximum absolute atomic E-state index is 6.03. The number of aromatic nitrogens is 2. The Morgan fingerprint density at radius 2 is 2.15 bits per heavy atom. The van der Waals surface area contributed by atoms with Gasteiger partial charge in [0, 0.05) is 43.1 Å². The number of hydrogen-bond donors (Lipinski definition) is 1. The minimum atomic E-state index is 0.230. The zero-order valence-electron chi connectivity index (χ0n) is 15.6. The number of ether oxygens (including phenoxy) is 2. The Morgan fingerprint density at radius 1 is 1.27 bits per heavy atom. The van der Waals surface area contributed by atoms with Gasteiger partial charge in [0.15, 0.2) is 0 Å². The van der Waals surface area contributed by atoms with Crippen LogP contribution in [0.15, 0.2) is 36.5 Å².